The summed E-state index contributed by atoms with van der Waals surface area (Å²) in [7, 11) is 0. The molecule has 1 aromatic heterocycles. The molecule has 2 aliphatic rings. The molecule has 2 N–H and O–H groups in total. The monoisotopic (exact) mass is 359 g/mol. The molecular weight excluding hydrogens is 337 g/mol. The predicted octanol–water partition coefficient (Wildman–Crippen LogP) is 4.20. The van der Waals surface area contributed by atoms with Crippen molar-refractivity contribution in [3.05, 3.63) is 52.5 Å². The number of nitrogens with one attached hydrogen (secondary N) is 2. The number of hydrogen-bond acceptors (Lipinski definition) is 3. The van der Waals surface area contributed by atoms with E-state index >= 15 is 0 Å². The minimum Gasteiger partial charge on any atom is -0.335 e. The lowest BCUT2D eigenvalue weighted by atomic mass is 9.97. The normalized spacial score (nSPS) is 25.7. The first-order valence-corrected chi connectivity index (χ1v) is 9.66. The van der Waals surface area contributed by atoms with Crippen molar-refractivity contribution in [3.8, 4) is 0 Å². The Bertz CT molecular complexity index is 722. The van der Waals surface area contributed by atoms with Crippen LogP contribution in [0.25, 0.3) is 0 Å². The summed E-state index contributed by atoms with van der Waals surface area (Å²) in [4.78, 5) is 16.2. The molecule has 1 aromatic carbocycles. The van der Waals surface area contributed by atoms with Crippen LogP contribution in [0.2, 0.25) is 0 Å². The van der Waals surface area contributed by atoms with Gasteiger partial charge in [-0.2, -0.15) is 0 Å². The Hall–Kier alpha value is -1.92. The van der Waals surface area contributed by atoms with Crippen molar-refractivity contribution in [2.45, 2.75) is 50.4 Å². The number of urea groups is 1. The van der Waals surface area contributed by atoms with E-state index in [2.05, 4.69) is 33.0 Å². The molecule has 2 fully saturated rings. The minimum absolute atomic E-state index is 0.186. The topological polar surface area (TPSA) is 44.4 Å². The van der Waals surface area contributed by atoms with Gasteiger partial charge >= 0.3 is 6.03 Å². The van der Waals surface area contributed by atoms with Crippen molar-refractivity contribution in [1.82, 2.24) is 10.2 Å². The van der Waals surface area contributed by atoms with E-state index in [9.17, 15) is 9.18 Å². The average molecular weight is 359 g/mol. The Morgan fingerprint density at radius 1 is 1.20 bits per heavy atom. The number of hydrogen-bond donors (Lipinski definition) is 2. The number of fused-ring (bicyclic) bond motifs is 2. The molecule has 2 aromatic rings. The lowest BCUT2D eigenvalue weighted by molar-refractivity contribution is 0.113. The number of thiophene rings is 1. The van der Waals surface area contributed by atoms with Crippen LogP contribution in [0.1, 0.15) is 30.6 Å². The van der Waals surface area contributed by atoms with E-state index in [0.29, 0.717) is 17.8 Å². The molecule has 0 saturated carbocycles. The molecule has 2 saturated heterocycles. The third-order valence-electron chi connectivity index (χ3n) is 5.22. The van der Waals surface area contributed by atoms with Crippen molar-refractivity contribution in [2.75, 3.05) is 5.32 Å². The zero-order valence-electron chi connectivity index (χ0n) is 14.0. The molecule has 6 heteroatoms. The van der Waals surface area contributed by atoms with Gasteiger partial charge in [-0.3, -0.25) is 4.90 Å². The highest BCUT2D eigenvalue weighted by molar-refractivity contribution is 7.09. The van der Waals surface area contributed by atoms with Gasteiger partial charge in [0.15, 0.2) is 0 Å². The number of carbonyl (C=O) groups excluding carboxylic acids is 1. The number of rotatable bonds is 4. The van der Waals surface area contributed by atoms with E-state index in [0.717, 1.165) is 19.4 Å². The molecule has 0 spiro atoms. The van der Waals surface area contributed by atoms with Crippen LogP contribution in [0.4, 0.5) is 14.9 Å². The summed E-state index contributed by atoms with van der Waals surface area (Å²) >= 11 is 1.81. The molecule has 3 heterocycles. The molecule has 4 nitrogen and oxygen atoms in total. The lowest BCUT2D eigenvalue weighted by Crippen LogP contribution is -2.50. The molecule has 2 bridgehead atoms. The van der Waals surface area contributed by atoms with E-state index in [1.165, 1.54) is 29.9 Å². The standard InChI is InChI=1S/C19H22FN3OS/c20-13-3-1-4-14(9-13)21-19(24)22-15-10-16-6-7-17(11-15)23(16)12-18-5-2-8-25-18/h1-5,8-9,15-17H,6-7,10-12H2,(H2,21,22,24)/t16-,17-/m1/s1. The van der Waals surface area contributed by atoms with Gasteiger partial charge in [0.25, 0.3) is 0 Å². The summed E-state index contributed by atoms with van der Waals surface area (Å²) in [6.45, 7) is 1.02. The number of benzene rings is 1. The van der Waals surface area contributed by atoms with Crippen molar-refractivity contribution in [2.24, 2.45) is 0 Å². The minimum atomic E-state index is -0.349. The Balaban J connectivity index is 1.32. The van der Waals surface area contributed by atoms with Crippen LogP contribution < -0.4 is 10.6 Å². The van der Waals surface area contributed by atoms with Crippen LogP contribution in [0, 0.1) is 5.82 Å². The molecule has 132 valence electrons. The van der Waals surface area contributed by atoms with Crippen LogP contribution in [0.3, 0.4) is 0 Å². The number of piperidine rings is 1. The molecule has 2 atom stereocenters. The summed E-state index contributed by atoms with van der Waals surface area (Å²) < 4.78 is 13.2. The third-order valence-corrected chi connectivity index (χ3v) is 6.08. The molecule has 2 amide bonds. The zero-order valence-corrected chi connectivity index (χ0v) is 14.8. The molecule has 25 heavy (non-hydrogen) atoms. The second kappa shape index (κ2) is 7.14. The van der Waals surface area contributed by atoms with E-state index in [-0.39, 0.29) is 17.9 Å². The van der Waals surface area contributed by atoms with Gasteiger partial charge in [-0.25, -0.2) is 9.18 Å². The number of amides is 2. The fourth-order valence-electron chi connectivity index (χ4n) is 4.15. The van der Waals surface area contributed by atoms with Gasteiger partial charge in [0.1, 0.15) is 5.82 Å². The Morgan fingerprint density at radius 2 is 2.00 bits per heavy atom. The largest absolute Gasteiger partial charge is 0.335 e. The second-order valence-electron chi connectivity index (χ2n) is 6.91. The van der Waals surface area contributed by atoms with Gasteiger partial charge in [0, 0.05) is 35.2 Å². The Kier molecular flexibility index (Phi) is 4.72. The predicted molar refractivity (Wildman–Crippen MR) is 98.2 cm³/mol. The average Bonchev–Trinajstić information content (AvgIpc) is 3.15. The van der Waals surface area contributed by atoms with Crippen LogP contribution in [-0.4, -0.2) is 29.1 Å². The van der Waals surface area contributed by atoms with Crippen molar-refractivity contribution < 1.29 is 9.18 Å². The summed E-state index contributed by atoms with van der Waals surface area (Å²) in [6, 6.07) is 11.3. The SMILES string of the molecule is O=C(Nc1cccc(F)c1)NC1C[C@H]2CC[C@H](C1)N2Cc1cccs1. The lowest BCUT2D eigenvalue weighted by Gasteiger charge is -2.39. The summed E-state index contributed by atoms with van der Waals surface area (Å²) in [5.41, 5.74) is 0.482. The summed E-state index contributed by atoms with van der Waals surface area (Å²) in [5.74, 6) is -0.349. The molecule has 0 aliphatic carbocycles. The Morgan fingerprint density at radius 3 is 2.68 bits per heavy atom. The first-order valence-electron chi connectivity index (χ1n) is 8.78. The van der Waals surface area contributed by atoms with Crippen LogP contribution >= 0.6 is 11.3 Å². The fourth-order valence-corrected chi connectivity index (χ4v) is 4.86. The highest BCUT2D eigenvalue weighted by Gasteiger charge is 2.41. The number of carbonyl (C=O) groups is 1. The fraction of sp³-hybridized carbons (Fsp3) is 0.421. The van der Waals surface area contributed by atoms with Gasteiger partial charge in [-0.15, -0.1) is 11.3 Å². The van der Waals surface area contributed by atoms with Gasteiger partial charge in [-0.1, -0.05) is 12.1 Å². The molecule has 4 rings (SSSR count). The first kappa shape index (κ1) is 16.5. The van der Waals surface area contributed by atoms with Gasteiger partial charge in [0.2, 0.25) is 0 Å². The smallest absolute Gasteiger partial charge is 0.319 e. The zero-order chi connectivity index (χ0) is 17.2. The number of nitrogens with zero attached hydrogens (tertiary/aromatic N) is 1. The van der Waals surface area contributed by atoms with E-state index in [1.54, 1.807) is 12.1 Å². The second-order valence-corrected chi connectivity index (χ2v) is 7.95. The van der Waals surface area contributed by atoms with Crippen LogP contribution in [0.15, 0.2) is 41.8 Å². The summed E-state index contributed by atoms with van der Waals surface area (Å²) in [5, 5.41) is 7.92. The van der Waals surface area contributed by atoms with E-state index in [4.69, 9.17) is 0 Å². The molecular formula is C19H22FN3OS. The maximum atomic E-state index is 13.2. The van der Waals surface area contributed by atoms with Crippen molar-refractivity contribution in [3.63, 3.8) is 0 Å². The molecule has 2 aliphatic heterocycles. The third kappa shape index (κ3) is 3.85. The maximum Gasteiger partial charge on any atom is 0.319 e. The van der Waals surface area contributed by atoms with Crippen molar-refractivity contribution in [1.29, 1.82) is 0 Å². The maximum absolute atomic E-state index is 13.2. The first-order chi connectivity index (χ1) is 12.2. The van der Waals surface area contributed by atoms with E-state index in [1.807, 2.05) is 11.3 Å². The Labute approximate surface area is 151 Å². The number of anilines is 1. The van der Waals surface area contributed by atoms with Crippen LogP contribution in [0.5, 0.6) is 0 Å². The number of halogens is 1. The van der Waals surface area contributed by atoms with Gasteiger partial charge in [-0.05, 0) is 55.3 Å². The van der Waals surface area contributed by atoms with Gasteiger partial charge < -0.3 is 10.6 Å². The summed E-state index contributed by atoms with van der Waals surface area (Å²) in [6.07, 6.45) is 4.39. The van der Waals surface area contributed by atoms with Crippen LogP contribution in [-0.2, 0) is 6.54 Å². The quantitative estimate of drug-likeness (QED) is 0.859. The molecule has 0 unspecified atom stereocenters. The highest BCUT2D eigenvalue weighted by Crippen LogP contribution is 2.37. The molecule has 0 radical (unpaired) electrons. The van der Waals surface area contributed by atoms with E-state index < -0.39 is 0 Å². The van der Waals surface area contributed by atoms with Gasteiger partial charge in [0.05, 0.1) is 0 Å². The highest BCUT2D eigenvalue weighted by atomic mass is 32.1. The van der Waals surface area contributed by atoms with Crippen molar-refractivity contribution >= 4 is 23.1 Å².